The summed E-state index contributed by atoms with van der Waals surface area (Å²) in [6.07, 6.45) is 0.768. The minimum Gasteiger partial charge on any atom is -0.478 e. The van der Waals surface area contributed by atoms with E-state index in [1.54, 1.807) is 7.11 Å². The number of rotatable bonds is 7. The lowest BCUT2D eigenvalue weighted by Gasteiger charge is -2.16. The van der Waals surface area contributed by atoms with Crippen LogP contribution in [0.3, 0.4) is 0 Å². The summed E-state index contributed by atoms with van der Waals surface area (Å²) in [5.41, 5.74) is 0.506. The van der Waals surface area contributed by atoms with Gasteiger partial charge in [-0.15, -0.1) is 0 Å². The minimum absolute atomic E-state index is 0.133. The van der Waals surface area contributed by atoms with Crippen molar-refractivity contribution in [3.8, 4) is 0 Å². The molecule has 1 unspecified atom stereocenters. The zero-order valence-corrected chi connectivity index (χ0v) is 13.0. The van der Waals surface area contributed by atoms with Crippen LogP contribution in [0.1, 0.15) is 45.2 Å². The molecule has 6 heteroatoms. The largest absolute Gasteiger partial charge is 0.478 e. The Morgan fingerprint density at radius 3 is 2.35 bits per heavy atom. The van der Waals surface area contributed by atoms with Crippen LogP contribution < -0.4 is 5.32 Å². The first-order valence-corrected chi connectivity index (χ1v) is 7.27. The molecule has 0 saturated carbocycles. The van der Waals surface area contributed by atoms with E-state index in [4.69, 9.17) is 14.3 Å². The molecule has 1 aromatic heterocycles. The maximum Gasteiger partial charge on any atom is 0.335 e. The Hall–Kier alpha value is -2.60. The summed E-state index contributed by atoms with van der Waals surface area (Å²) in [5.74, 6) is 0.107. The average molecular weight is 317 g/mol. The molecule has 122 valence electrons. The molecule has 1 heterocycles. The molecule has 2 N–H and O–H groups in total. The van der Waals surface area contributed by atoms with Crippen molar-refractivity contribution in [2.75, 3.05) is 13.7 Å². The van der Waals surface area contributed by atoms with Crippen LogP contribution >= 0.6 is 0 Å². The van der Waals surface area contributed by atoms with Gasteiger partial charge in [-0.3, -0.25) is 4.79 Å². The normalized spacial score (nSPS) is 11.9. The van der Waals surface area contributed by atoms with E-state index in [1.807, 2.05) is 19.1 Å². The van der Waals surface area contributed by atoms with Crippen molar-refractivity contribution < 1.29 is 23.8 Å². The van der Waals surface area contributed by atoms with E-state index < -0.39 is 12.0 Å². The number of hydrogen-bond donors (Lipinski definition) is 2. The average Bonchev–Trinajstić information content (AvgIpc) is 3.03. The number of aryl methyl sites for hydroxylation is 1. The van der Waals surface area contributed by atoms with Gasteiger partial charge in [-0.1, -0.05) is 6.92 Å². The van der Waals surface area contributed by atoms with Crippen molar-refractivity contribution in [3.63, 3.8) is 0 Å². The molecular weight excluding hydrogens is 298 g/mol. The Morgan fingerprint density at radius 2 is 1.83 bits per heavy atom. The van der Waals surface area contributed by atoms with Gasteiger partial charge < -0.3 is 19.6 Å². The van der Waals surface area contributed by atoms with Crippen LogP contribution in [0.2, 0.25) is 0 Å². The summed E-state index contributed by atoms with van der Waals surface area (Å²) < 4.78 is 10.8. The molecule has 0 spiro atoms. The molecule has 1 amide bonds. The molecule has 0 radical (unpaired) electrons. The second kappa shape index (κ2) is 7.60. The third-order valence-corrected chi connectivity index (χ3v) is 3.41. The van der Waals surface area contributed by atoms with Crippen LogP contribution in [-0.4, -0.2) is 30.7 Å². The topological polar surface area (TPSA) is 88.8 Å². The fourth-order valence-corrected chi connectivity index (χ4v) is 2.14. The molecule has 2 aromatic rings. The lowest BCUT2D eigenvalue weighted by atomic mass is 10.1. The van der Waals surface area contributed by atoms with Crippen LogP contribution in [0.25, 0.3) is 0 Å². The number of carboxylic acid groups (broad SMARTS) is 1. The van der Waals surface area contributed by atoms with Gasteiger partial charge in [0.05, 0.1) is 12.2 Å². The number of hydrogen-bond acceptors (Lipinski definition) is 4. The second-order valence-corrected chi connectivity index (χ2v) is 5.02. The van der Waals surface area contributed by atoms with E-state index in [1.165, 1.54) is 24.3 Å². The highest BCUT2D eigenvalue weighted by atomic mass is 16.5. The highest BCUT2D eigenvalue weighted by Gasteiger charge is 2.19. The molecule has 0 aliphatic heterocycles. The Morgan fingerprint density at radius 1 is 1.17 bits per heavy atom. The maximum absolute atomic E-state index is 12.3. The third kappa shape index (κ3) is 4.20. The van der Waals surface area contributed by atoms with Gasteiger partial charge >= 0.3 is 5.97 Å². The fraction of sp³-hybridized carbons (Fsp3) is 0.294. The van der Waals surface area contributed by atoms with Crippen LogP contribution in [-0.2, 0) is 11.2 Å². The summed E-state index contributed by atoms with van der Waals surface area (Å²) in [6, 6.07) is 9.01. The van der Waals surface area contributed by atoms with Gasteiger partial charge in [0.1, 0.15) is 17.6 Å². The van der Waals surface area contributed by atoms with E-state index in [2.05, 4.69) is 5.32 Å². The SMILES string of the molecule is CCc1ccc(C(COC)NC(=O)c2ccc(C(=O)O)cc2)o1. The number of ether oxygens (including phenoxy) is 1. The first-order valence-electron chi connectivity index (χ1n) is 7.27. The molecule has 6 nitrogen and oxygen atoms in total. The Balaban J connectivity index is 2.12. The number of carbonyl (C=O) groups is 2. The number of carbonyl (C=O) groups excluding carboxylic acids is 1. The first kappa shape index (κ1) is 16.8. The fourth-order valence-electron chi connectivity index (χ4n) is 2.14. The smallest absolute Gasteiger partial charge is 0.335 e. The van der Waals surface area contributed by atoms with Crippen molar-refractivity contribution >= 4 is 11.9 Å². The van der Waals surface area contributed by atoms with Crippen LogP contribution in [0.4, 0.5) is 0 Å². The van der Waals surface area contributed by atoms with Crippen molar-refractivity contribution in [1.82, 2.24) is 5.32 Å². The lowest BCUT2D eigenvalue weighted by molar-refractivity contribution is 0.0696. The Bertz CT molecular complexity index is 675. The zero-order valence-electron chi connectivity index (χ0n) is 13.0. The van der Waals surface area contributed by atoms with Crippen LogP contribution in [0.5, 0.6) is 0 Å². The molecule has 0 aliphatic rings. The second-order valence-electron chi connectivity index (χ2n) is 5.02. The molecule has 0 saturated heterocycles. The summed E-state index contributed by atoms with van der Waals surface area (Å²) >= 11 is 0. The standard InChI is InChI=1S/C17H19NO5/c1-3-13-8-9-15(23-13)14(10-22-2)18-16(19)11-4-6-12(7-5-11)17(20)21/h4-9,14H,3,10H2,1-2H3,(H,18,19)(H,20,21). The van der Waals surface area contributed by atoms with E-state index in [9.17, 15) is 9.59 Å². The monoisotopic (exact) mass is 317 g/mol. The van der Waals surface area contributed by atoms with E-state index >= 15 is 0 Å². The highest BCUT2D eigenvalue weighted by Crippen LogP contribution is 2.18. The van der Waals surface area contributed by atoms with Crippen molar-refractivity contribution in [3.05, 3.63) is 59.0 Å². The van der Waals surface area contributed by atoms with Crippen LogP contribution in [0, 0.1) is 0 Å². The van der Waals surface area contributed by atoms with Gasteiger partial charge in [0.25, 0.3) is 5.91 Å². The van der Waals surface area contributed by atoms with Gasteiger partial charge in [-0.25, -0.2) is 4.79 Å². The Kier molecular flexibility index (Phi) is 5.54. The predicted octanol–water partition coefficient (Wildman–Crippen LogP) is 2.66. The number of aromatic carboxylic acids is 1. The number of nitrogens with one attached hydrogen (secondary N) is 1. The molecule has 23 heavy (non-hydrogen) atoms. The molecule has 2 rings (SSSR count). The Labute approximate surface area is 134 Å². The number of benzene rings is 1. The zero-order chi connectivity index (χ0) is 16.8. The van der Waals surface area contributed by atoms with E-state index in [0.29, 0.717) is 11.3 Å². The number of furan rings is 1. The van der Waals surface area contributed by atoms with E-state index in [-0.39, 0.29) is 18.1 Å². The quantitative estimate of drug-likeness (QED) is 0.819. The molecule has 0 fully saturated rings. The highest BCUT2D eigenvalue weighted by molar-refractivity contribution is 5.96. The number of methoxy groups -OCH3 is 1. The van der Waals surface area contributed by atoms with Gasteiger partial charge in [0.15, 0.2) is 0 Å². The molecule has 0 bridgehead atoms. The maximum atomic E-state index is 12.3. The van der Waals surface area contributed by atoms with Gasteiger partial charge in [-0.05, 0) is 36.4 Å². The van der Waals surface area contributed by atoms with Crippen molar-refractivity contribution in [2.24, 2.45) is 0 Å². The minimum atomic E-state index is -1.03. The predicted molar refractivity (Wildman–Crippen MR) is 83.6 cm³/mol. The summed E-state index contributed by atoms with van der Waals surface area (Å²) in [4.78, 5) is 23.1. The van der Waals surface area contributed by atoms with Crippen molar-refractivity contribution in [1.29, 1.82) is 0 Å². The third-order valence-electron chi connectivity index (χ3n) is 3.41. The number of carboxylic acids is 1. The molecule has 0 aliphatic carbocycles. The summed E-state index contributed by atoms with van der Waals surface area (Å²) in [5, 5.41) is 11.7. The number of amides is 1. The van der Waals surface area contributed by atoms with Gasteiger partial charge in [0.2, 0.25) is 0 Å². The lowest BCUT2D eigenvalue weighted by Crippen LogP contribution is -2.31. The molecule has 1 atom stereocenters. The molecular formula is C17H19NO5. The van der Waals surface area contributed by atoms with E-state index in [0.717, 1.165) is 12.2 Å². The summed E-state index contributed by atoms with van der Waals surface area (Å²) in [6.45, 7) is 2.26. The van der Waals surface area contributed by atoms with Crippen molar-refractivity contribution in [2.45, 2.75) is 19.4 Å². The first-order chi connectivity index (χ1) is 11.0. The molecule has 1 aromatic carbocycles. The van der Waals surface area contributed by atoms with Gasteiger partial charge in [-0.2, -0.15) is 0 Å². The van der Waals surface area contributed by atoms with Crippen LogP contribution in [0.15, 0.2) is 40.8 Å². The summed E-state index contributed by atoms with van der Waals surface area (Å²) in [7, 11) is 1.55. The van der Waals surface area contributed by atoms with Gasteiger partial charge in [0, 0.05) is 19.1 Å².